The van der Waals surface area contributed by atoms with Crippen LogP contribution < -0.4 is 0 Å². The Morgan fingerprint density at radius 1 is 0.595 bits per heavy atom. The Kier molecular flexibility index (Phi) is 8.50. The number of benzene rings is 5. The van der Waals surface area contributed by atoms with Gasteiger partial charge in [-0.1, -0.05) is 115 Å². The molecule has 0 amide bonds. The molecule has 0 aliphatic heterocycles. The van der Waals surface area contributed by atoms with Crippen LogP contribution in [0.2, 0.25) is 0 Å². The van der Waals surface area contributed by atoms with Gasteiger partial charge >= 0.3 is 0 Å². The molecule has 0 aliphatic carbocycles. The molecule has 0 spiro atoms. The van der Waals surface area contributed by atoms with Gasteiger partial charge in [-0.2, -0.15) is 0 Å². The lowest BCUT2D eigenvalue weighted by Gasteiger charge is -2.19. The van der Waals surface area contributed by atoms with E-state index in [0.29, 0.717) is 0 Å². The molecule has 0 N–H and O–H groups in total. The normalized spacial score (nSPS) is 11.1. The van der Waals surface area contributed by atoms with Crippen molar-refractivity contribution in [3.8, 4) is 22.3 Å². The van der Waals surface area contributed by atoms with Crippen molar-refractivity contribution in [3.05, 3.63) is 155 Å². The highest BCUT2D eigenvalue weighted by Crippen LogP contribution is 2.41. The van der Waals surface area contributed by atoms with Gasteiger partial charge in [0.2, 0.25) is 0 Å². The number of rotatable bonds is 4. The minimum absolute atomic E-state index is 1.07. The van der Waals surface area contributed by atoms with Gasteiger partial charge < -0.3 is 0 Å². The number of hydrogen-bond acceptors (Lipinski definition) is 1. The maximum Gasteiger partial charge on any atom is 0.0451 e. The van der Waals surface area contributed by atoms with Crippen LogP contribution >= 0.6 is 0 Å². The molecule has 0 saturated heterocycles. The van der Waals surface area contributed by atoms with Gasteiger partial charge in [0.1, 0.15) is 0 Å². The summed E-state index contributed by atoms with van der Waals surface area (Å²) in [6.07, 6.45) is 7.79. The molecule has 0 bridgehead atoms. The van der Waals surface area contributed by atoms with E-state index >= 15 is 0 Å². The van der Waals surface area contributed by atoms with Crippen LogP contribution in [0.4, 0.5) is 0 Å². The van der Waals surface area contributed by atoms with Crippen LogP contribution in [-0.4, -0.2) is 4.98 Å². The van der Waals surface area contributed by atoms with Crippen LogP contribution in [0.3, 0.4) is 0 Å². The van der Waals surface area contributed by atoms with E-state index in [4.69, 9.17) is 0 Å². The van der Waals surface area contributed by atoms with Crippen LogP contribution in [0.15, 0.2) is 116 Å². The molecule has 1 nitrogen and oxygen atoms in total. The Balaban J connectivity index is 0.000000189. The quantitative estimate of drug-likeness (QED) is 0.201. The lowest BCUT2D eigenvalue weighted by atomic mass is 9.85. The number of aryl methyl sites for hydroxylation is 6. The van der Waals surface area contributed by atoms with Crippen molar-refractivity contribution in [2.75, 3.05) is 0 Å². The molecule has 1 heterocycles. The second kappa shape index (κ2) is 12.4. The van der Waals surface area contributed by atoms with E-state index in [-0.39, 0.29) is 0 Å². The molecule has 42 heavy (non-hydrogen) atoms. The Morgan fingerprint density at radius 3 is 2.12 bits per heavy atom. The second-order valence-corrected chi connectivity index (χ2v) is 11.2. The standard InChI is InChI=1S/C25H23N.C16H16/c1-16-9-5-6-11-20(16)23-15-18(3)25(21-13-8-14-26-19(21)4)22-12-7-10-17(2)24(22)23;1-4-5-6-15-13(3)8-9-14-11-12(2)7-10-16(14)15/h5-15H,1-4H3;4-11H,1H2,2-3H3/b;6-5-. The van der Waals surface area contributed by atoms with Crippen molar-refractivity contribution in [2.24, 2.45) is 0 Å². The molecule has 1 aromatic heterocycles. The van der Waals surface area contributed by atoms with Crippen LogP contribution in [0, 0.1) is 41.5 Å². The average Bonchev–Trinajstić information content (AvgIpc) is 2.98. The van der Waals surface area contributed by atoms with E-state index in [9.17, 15) is 0 Å². The zero-order chi connectivity index (χ0) is 29.8. The third-order valence-electron chi connectivity index (χ3n) is 8.11. The lowest BCUT2D eigenvalue weighted by molar-refractivity contribution is 1.20. The largest absolute Gasteiger partial charge is 0.261 e. The molecular formula is C41H39N. The Hall–Kier alpha value is -4.75. The van der Waals surface area contributed by atoms with Crippen LogP contribution in [-0.2, 0) is 0 Å². The first-order chi connectivity index (χ1) is 20.3. The number of pyridine rings is 1. The first kappa shape index (κ1) is 28.8. The molecule has 0 atom stereocenters. The first-order valence-electron chi connectivity index (χ1n) is 14.6. The van der Waals surface area contributed by atoms with Crippen molar-refractivity contribution < 1.29 is 0 Å². The van der Waals surface area contributed by atoms with E-state index in [2.05, 4.69) is 144 Å². The fraction of sp³-hybridized carbons (Fsp3) is 0.146. The third kappa shape index (κ3) is 5.69. The van der Waals surface area contributed by atoms with Gasteiger partial charge in [0.15, 0.2) is 0 Å². The molecule has 6 rings (SSSR count). The predicted molar refractivity (Wildman–Crippen MR) is 184 cm³/mol. The maximum atomic E-state index is 4.52. The molecular weight excluding hydrogens is 506 g/mol. The van der Waals surface area contributed by atoms with Gasteiger partial charge in [0, 0.05) is 17.5 Å². The Morgan fingerprint density at radius 2 is 1.36 bits per heavy atom. The molecule has 0 radical (unpaired) electrons. The molecule has 0 aliphatic rings. The topological polar surface area (TPSA) is 12.9 Å². The van der Waals surface area contributed by atoms with Crippen molar-refractivity contribution in [1.82, 2.24) is 4.98 Å². The molecule has 0 unspecified atom stereocenters. The monoisotopic (exact) mass is 545 g/mol. The summed E-state index contributed by atoms with van der Waals surface area (Å²) in [5.74, 6) is 0. The van der Waals surface area contributed by atoms with Gasteiger partial charge in [-0.3, -0.25) is 4.98 Å². The maximum absolute atomic E-state index is 4.52. The summed E-state index contributed by atoms with van der Waals surface area (Å²) in [5, 5.41) is 5.25. The zero-order valence-electron chi connectivity index (χ0n) is 25.6. The summed E-state index contributed by atoms with van der Waals surface area (Å²) in [6, 6.07) is 32.7. The number of allylic oxidation sites excluding steroid dienone is 2. The van der Waals surface area contributed by atoms with Gasteiger partial charge in [0.05, 0.1) is 0 Å². The van der Waals surface area contributed by atoms with Gasteiger partial charge in [-0.15, -0.1) is 0 Å². The summed E-state index contributed by atoms with van der Waals surface area (Å²) in [7, 11) is 0. The molecule has 5 aromatic carbocycles. The molecule has 6 aromatic rings. The lowest BCUT2D eigenvalue weighted by Crippen LogP contribution is -1.95. The molecule has 1 heteroatoms. The number of aromatic nitrogens is 1. The van der Waals surface area contributed by atoms with Crippen LogP contribution in [0.5, 0.6) is 0 Å². The van der Waals surface area contributed by atoms with E-state index < -0.39 is 0 Å². The summed E-state index contributed by atoms with van der Waals surface area (Å²) in [4.78, 5) is 4.52. The van der Waals surface area contributed by atoms with E-state index in [1.165, 1.54) is 77.2 Å². The number of nitrogens with zero attached hydrogens (tertiary/aromatic N) is 1. The molecule has 0 fully saturated rings. The summed E-state index contributed by atoms with van der Waals surface area (Å²) < 4.78 is 0. The SMILES string of the molecule is C=C/C=C\c1c(C)ccc2cc(C)ccc12.Cc1ccccc1-c1cc(C)c(-c2cccnc2C)c2cccc(C)c12. The molecule has 208 valence electrons. The van der Waals surface area contributed by atoms with Crippen molar-refractivity contribution >= 4 is 27.6 Å². The van der Waals surface area contributed by atoms with Crippen molar-refractivity contribution in [2.45, 2.75) is 41.5 Å². The average molecular weight is 546 g/mol. The first-order valence-corrected chi connectivity index (χ1v) is 14.6. The predicted octanol–water partition coefficient (Wildman–Crippen LogP) is 11.5. The number of hydrogen-bond donors (Lipinski definition) is 0. The van der Waals surface area contributed by atoms with Gasteiger partial charge in [-0.05, 0) is 114 Å². The Labute approximate surface area is 250 Å². The smallest absolute Gasteiger partial charge is 0.0451 e. The van der Waals surface area contributed by atoms with Crippen molar-refractivity contribution in [3.63, 3.8) is 0 Å². The second-order valence-electron chi connectivity index (χ2n) is 11.2. The van der Waals surface area contributed by atoms with Crippen molar-refractivity contribution in [1.29, 1.82) is 0 Å². The minimum atomic E-state index is 1.07. The highest BCUT2D eigenvalue weighted by molar-refractivity contribution is 6.08. The Bertz CT molecular complexity index is 1950. The number of fused-ring (bicyclic) bond motifs is 2. The summed E-state index contributed by atoms with van der Waals surface area (Å²) in [5.41, 5.74) is 14.0. The van der Waals surface area contributed by atoms with Crippen LogP contribution in [0.25, 0.3) is 49.9 Å². The highest BCUT2D eigenvalue weighted by atomic mass is 14.7. The summed E-state index contributed by atoms with van der Waals surface area (Å²) >= 11 is 0. The van der Waals surface area contributed by atoms with Crippen LogP contribution in [0.1, 0.15) is 39.1 Å². The zero-order valence-corrected chi connectivity index (χ0v) is 25.6. The fourth-order valence-corrected chi connectivity index (χ4v) is 5.97. The van der Waals surface area contributed by atoms with E-state index in [1.807, 2.05) is 24.4 Å². The molecule has 0 saturated carbocycles. The van der Waals surface area contributed by atoms with E-state index in [1.54, 1.807) is 0 Å². The minimum Gasteiger partial charge on any atom is -0.261 e. The van der Waals surface area contributed by atoms with Gasteiger partial charge in [-0.25, -0.2) is 0 Å². The van der Waals surface area contributed by atoms with Gasteiger partial charge in [0.25, 0.3) is 0 Å². The highest BCUT2D eigenvalue weighted by Gasteiger charge is 2.16. The fourth-order valence-electron chi connectivity index (χ4n) is 5.97. The summed E-state index contributed by atoms with van der Waals surface area (Å²) in [6.45, 7) is 16.7. The third-order valence-corrected chi connectivity index (χ3v) is 8.11. The van der Waals surface area contributed by atoms with E-state index in [0.717, 1.165) is 5.69 Å².